The van der Waals surface area contributed by atoms with Gasteiger partial charge < -0.3 is 9.80 Å². The molecule has 0 spiro atoms. The van der Waals surface area contributed by atoms with Crippen molar-refractivity contribution in [3.8, 4) is 0 Å². The third-order valence-electron chi connectivity index (χ3n) is 12.9. The number of nitrogens with zero attached hydrogens (tertiary/aromatic N) is 3. The molecule has 0 bridgehead atoms. The van der Waals surface area contributed by atoms with E-state index in [1.54, 1.807) is 0 Å². The molecule has 12 rings (SSSR count). The summed E-state index contributed by atoms with van der Waals surface area (Å²) in [4.78, 5) is 9.80. The maximum Gasteiger partial charge on any atom is 0.249 e. The van der Waals surface area contributed by atoms with Crippen LogP contribution in [0.1, 0.15) is 22.3 Å². The van der Waals surface area contributed by atoms with E-state index in [1.165, 1.54) is 66.4 Å². The van der Waals surface area contributed by atoms with Crippen LogP contribution in [0.5, 0.6) is 0 Å². The Balaban J connectivity index is 1.35. The molecule has 1 aromatic heterocycles. The van der Waals surface area contributed by atoms with Crippen LogP contribution in [0.2, 0.25) is 0 Å². The third kappa shape index (κ3) is 4.82. The Hall–Kier alpha value is -7.36. The summed E-state index contributed by atoms with van der Waals surface area (Å²) in [7, 11) is 0. The Labute approximate surface area is 346 Å². The standard InChI is InChI=1S/C54H37B2N3/c1-5-20-38(21-6-1)54(39-22-7-2-8-23-39)43-29-13-14-30-45(43)56-47-32-16-18-34-49(47)59(41-26-11-4-12-27-41)53-51(56)44(54)36-50-52(53)55(40-24-9-3-10-25-40)46-31-15-17-33-48(46)58(50)42-28-19-35-57-37-42/h1-37H. The molecule has 0 saturated heterocycles. The second-order valence-corrected chi connectivity index (χ2v) is 15.8. The molecule has 0 amide bonds. The van der Waals surface area contributed by atoms with Crippen molar-refractivity contribution in [1.82, 2.24) is 4.98 Å². The zero-order valence-corrected chi connectivity index (χ0v) is 32.4. The van der Waals surface area contributed by atoms with Gasteiger partial charge in [-0.05, 0) is 86.6 Å². The summed E-state index contributed by atoms with van der Waals surface area (Å²) in [6.45, 7) is -0.0774. The maximum absolute atomic E-state index is 4.73. The summed E-state index contributed by atoms with van der Waals surface area (Å²) in [6, 6.07) is 78.8. The van der Waals surface area contributed by atoms with E-state index in [2.05, 4.69) is 222 Å². The van der Waals surface area contributed by atoms with Crippen LogP contribution in [-0.2, 0) is 5.41 Å². The number of anilines is 6. The quantitative estimate of drug-likeness (QED) is 0.165. The predicted octanol–water partition coefficient (Wildman–Crippen LogP) is 8.38. The Morgan fingerprint density at radius 2 is 0.915 bits per heavy atom. The second kappa shape index (κ2) is 13.4. The Morgan fingerprint density at radius 3 is 1.56 bits per heavy atom. The van der Waals surface area contributed by atoms with Crippen LogP contribution >= 0.6 is 0 Å². The minimum atomic E-state index is -0.650. The van der Waals surface area contributed by atoms with Crippen LogP contribution < -0.4 is 42.6 Å². The van der Waals surface area contributed by atoms with E-state index in [1.807, 2.05) is 12.4 Å². The molecule has 0 N–H and O–H groups in total. The summed E-state index contributed by atoms with van der Waals surface area (Å²) in [5.74, 6) is 0. The summed E-state index contributed by atoms with van der Waals surface area (Å²) in [5, 5.41) is 0. The van der Waals surface area contributed by atoms with Crippen molar-refractivity contribution in [2.45, 2.75) is 5.41 Å². The van der Waals surface area contributed by atoms with E-state index in [9.17, 15) is 0 Å². The smallest absolute Gasteiger partial charge is 0.249 e. The van der Waals surface area contributed by atoms with Crippen LogP contribution in [0.3, 0.4) is 0 Å². The van der Waals surface area contributed by atoms with Gasteiger partial charge in [0.1, 0.15) is 0 Å². The first kappa shape index (κ1) is 33.7. The SMILES string of the molecule is c1ccc(B2c3ccccc3N(c3cccnc3)c3cc4c5c(c32)N(c2ccccc2)c2ccccc2B5c2ccccc2C4(c2ccccc2)c2ccccc2)cc1. The lowest BCUT2D eigenvalue weighted by molar-refractivity contribution is 0.751. The first-order valence-corrected chi connectivity index (χ1v) is 20.5. The van der Waals surface area contributed by atoms with Crippen molar-refractivity contribution >= 4 is 80.3 Å². The minimum Gasteiger partial charge on any atom is -0.312 e. The van der Waals surface area contributed by atoms with Crippen LogP contribution in [0.25, 0.3) is 0 Å². The van der Waals surface area contributed by atoms with Crippen molar-refractivity contribution in [2.24, 2.45) is 0 Å². The molecule has 274 valence electrons. The molecule has 3 aliphatic rings. The normalized spacial score (nSPS) is 14.1. The van der Waals surface area contributed by atoms with Crippen LogP contribution in [0.15, 0.2) is 225 Å². The molecule has 9 aromatic rings. The first-order valence-electron chi connectivity index (χ1n) is 20.5. The topological polar surface area (TPSA) is 19.4 Å². The highest BCUT2D eigenvalue weighted by Gasteiger charge is 2.54. The Morgan fingerprint density at radius 1 is 0.390 bits per heavy atom. The van der Waals surface area contributed by atoms with Crippen LogP contribution in [0.4, 0.5) is 34.1 Å². The van der Waals surface area contributed by atoms with Gasteiger partial charge in [-0.25, -0.2) is 0 Å². The van der Waals surface area contributed by atoms with Crippen LogP contribution in [-0.4, -0.2) is 18.4 Å². The number of fused-ring (bicyclic) bond motifs is 7. The highest BCUT2D eigenvalue weighted by Crippen LogP contribution is 2.51. The van der Waals surface area contributed by atoms with Gasteiger partial charge in [0.15, 0.2) is 0 Å². The van der Waals surface area contributed by atoms with Gasteiger partial charge in [0.25, 0.3) is 0 Å². The Kier molecular flexibility index (Phi) is 7.64. The predicted molar refractivity (Wildman–Crippen MR) is 248 cm³/mol. The summed E-state index contributed by atoms with van der Waals surface area (Å²) < 4.78 is 0. The molecule has 0 radical (unpaired) electrons. The summed E-state index contributed by atoms with van der Waals surface area (Å²) in [5.41, 5.74) is 19.2. The maximum atomic E-state index is 4.73. The fourth-order valence-corrected chi connectivity index (χ4v) is 10.8. The minimum absolute atomic E-state index is 0.0151. The second-order valence-electron chi connectivity index (χ2n) is 15.8. The monoisotopic (exact) mass is 749 g/mol. The summed E-state index contributed by atoms with van der Waals surface area (Å²) in [6.07, 6.45) is 3.88. The lowest BCUT2D eigenvalue weighted by atomic mass is 9.27. The zero-order valence-electron chi connectivity index (χ0n) is 32.4. The molecule has 4 heterocycles. The highest BCUT2D eigenvalue weighted by molar-refractivity contribution is 7.02. The van der Waals surface area contributed by atoms with Crippen molar-refractivity contribution in [3.05, 3.63) is 247 Å². The number of pyridine rings is 1. The van der Waals surface area contributed by atoms with E-state index in [0.717, 1.165) is 22.7 Å². The largest absolute Gasteiger partial charge is 0.312 e. The van der Waals surface area contributed by atoms with Gasteiger partial charge in [-0.1, -0.05) is 181 Å². The van der Waals surface area contributed by atoms with E-state index in [-0.39, 0.29) is 13.4 Å². The van der Waals surface area contributed by atoms with Crippen molar-refractivity contribution in [3.63, 3.8) is 0 Å². The molecule has 3 nitrogen and oxygen atoms in total. The van der Waals surface area contributed by atoms with Crippen molar-refractivity contribution < 1.29 is 0 Å². The number of benzene rings is 8. The van der Waals surface area contributed by atoms with Gasteiger partial charge in [-0.3, -0.25) is 4.98 Å². The van der Waals surface area contributed by atoms with Gasteiger partial charge in [0.05, 0.1) is 17.3 Å². The number of para-hydroxylation sites is 3. The van der Waals surface area contributed by atoms with Gasteiger partial charge in [0.2, 0.25) is 13.4 Å². The van der Waals surface area contributed by atoms with Gasteiger partial charge in [-0.2, -0.15) is 0 Å². The van der Waals surface area contributed by atoms with E-state index < -0.39 is 5.41 Å². The fourth-order valence-electron chi connectivity index (χ4n) is 10.8. The van der Waals surface area contributed by atoms with Gasteiger partial charge >= 0.3 is 0 Å². The lowest BCUT2D eigenvalue weighted by Gasteiger charge is -2.51. The number of hydrogen-bond donors (Lipinski definition) is 0. The molecule has 0 saturated carbocycles. The highest BCUT2D eigenvalue weighted by atomic mass is 15.2. The average molecular weight is 750 g/mol. The molecular formula is C54H37B2N3. The van der Waals surface area contributed by atoms with Crippen LogP contribution in [0, 0.1) is 0 Å². The van der Waals surface area contributed by atoms with Gasteiger partial charge in [0, 0.05) is 34.6 Å². The molecule has 8 aromatic carbocycles. The first-order chi connectivity index (χ1) is 29.3. The molecule has 3 aliphatic heterocycles. The molecule has 0 atom stereocenters. The molecule has 0 aliphatic carbocycles. The molecule has 0 unspecified atom stereocenters. The van der Waals surface area contributed by atoms with Gasteiger partial charge in [-0.15, -0.1) is 0 Å². The molecule has 5 heteroatoms. The van der Waals surface area contributed by atoms with Crippen molar-refractivity contribution in [1.29, 1.82) is 0 Å². The molecular weight excluding hydrogens is 712 g/mol. The fraction of sp³-hybridized carbons (Fsp3) is 0.0185. The van der Waals surface area contributed by atoms with Crippen molar-refractivity contribution in [2.75, 3.05) is 9.80 Å². The Bertz CT molecular complexity index is 2970. The average Bonchev–Trinajstić information content (AvgIpc) is 3.32. The third-order valence-corrected chi connectivity index (χ3v) is 12.9. The molecule has 0 fully saturated rings. The van der Waals surface area contributed by atoms with E-state index >= 15 is 0 Å². The van der Waals surface area contributed by atoms with E-state index in [4.69, 9.17) is 4.98 Å². The lowest BCUT2D eigenvalue weighted by Crippen LogP contribution is -2.68. The number of aromatic nitrogens is 1. The summed E-state index contributed by atoms with van der Waals surface area (Å²) >= 11 is 0. The molecule has 59 heavy (non-hydrogen) atoms. The number of rotatable bonds is 5. The number of hydrogen-bond acceptors (Lipinski definition) is 3. The zero-order chi connectivity index (χ0) is 38.9. The van der Waals surface area contributed by atoms with E-state index in [0.29, 0.717) is 0 Å².